The minimum absolute atomic E-state index is 0.108. The molecule has 11 heavy (non-hydrogen) atoms. The van der Waals surface area contributed by atoms with Gasteiger partial charge in [0, 0.05) is 0 Å². The van der Waals surface area contributed by atoms with Crippen LogP contribution in [0.2, 0.25) is 0 Å². The fraction of sp³-hybridized carbons (Fsp3) is 0. The van der Waals surface area contributed by atoms with Gasteiger partial charge in [0.25, 0.3) is 0 Å². The van der Waals surface area contributed by atoms with Crippen LogP contribution in [0.4, 0.5) is 5.95 Å². The van der Waals surface area contributed by atoms with Gasteiger partial charge in [0.1, 0.15) is 0 Å². The molecule has 0 saturated heterocycles. The van der Waals surface area contributed by atoms with Crippen LogP contribution in [0.3, 0.4) is 0 Å². The molecule has 0 saturated carbocycles. The number of anilines is 1. The first-order chi connectivity index (χ1) is 4.97. The zero-order chi connectivity index (χ0) is 8.48. The minimum atomic E-state index is -4.56. The Hall–Kier alpha value is -1.35. The summed E-state index contributed by atoms with van der Waals surface area (Å²) in [6.45, 7) is 0. The summed E-state index contributed by atoms with van der Waals surface area (Å²) in [5, 5.41) is 5.29. The molecule has 0 spiro atoms. The Morgan fingerprint density at radius 1 is 1.64 bits per heavy atom. The van der Waals surface area contributed by atoms with Gasteiger partial charge < -0.3 is 9.92 Å². The maximum absolute atomic E-state index is 10.0. The van der Waals surface area contributed by atoms with E-state index < -0.39 is 16.4 Å². The van der Waals surface area contributed by atoms with Crippen molar-refractivity contribution in [3.63, 3.8) is 0 Å². The first kappa shape index (κ1) is 7.75. The highest BCUT2D eigenvalue weighted by molar-refractivity contribution is 7.81. The average Bonchev–Trinajstić information content (AvgIpc) is 2.10. The Labute approximate surface area is 61.3 Å². The van der Waals surface area contributed by atoms with Gasteiger partial charge in [-0.2, -0.15) is 13.4 Å². The predicted octanol–water partition coefficient (Wildman–Crippen LogP) is -1.43. The van der Waals surface area contributed by atoms with Gasteiger partial charge in [-0.15, -0.1) is 5.10 Å². The Kier molecular flexibility index (Phi) is 1.66. The van der Waals surface area contributed by atoms with Crippen LogP contribution in [-0.2, 0) is 10.4 Å². The molecule has 1 aromatic rings. The fourth-order valence-corrected chi connectivity index (χ4v) is 0.653. The second-order valence-corrected chi connectivity index (χ2v) is 2.54. The van der Waals surface area contributed by atoms with E-state index in [1.54, 1.807) is 0 Å². The normalized spacial score (nSPS) is 11.4. The van der Waals surface area contributed by atoms with Crippen molar-refractivity contribution >= 4 is 16.3 Å². The number of nitrogens with zero attached hydrogens (tertiary/aromatic N) is 2. The van der Waals surface area contributed by atoms with E-state index in [1.807, 2.05) is 0 Å². The van der Waals surface area contributed by atoms with E-state index in [1.165, 1.54) is 0 Å². The van der Waals surface area contributed by atoms with E-state index >= 15 is 0 Å². The molecule has 0 amide bonds. The topological polar surface area (TPSA) is 131 Å². The zero-order valence-electron chi connectivity index (χ0n) is 5.05. The van der Waals surface area contributed by atoms with Crippen LogP contribution in [0, 0.1) is 0 Å². The van der Waals surface area contributed by atoms with Crippen molar-refractivity contribution in [2.45, 2.75) is 0 Å². The summed E-state index contributed by atoms with van der Waals surface area (Å²) < 4.78 is 31.9. The third kappa shape index (κ3) is 2.39. The average molecular weight is 180 g/mol. The van der Waals surface area contributed by atoms with Crippen molar-refractivity contribution in [1.82, 2.24) is 15.2 Å². The lowest BCUT2D eigenvalue weighted by Gasteiger charge is -1.90. The number of aromatic nitrogens is 3. The van der Waals surface area contributed by atoms with E-state index in [0.717, 1.165) is 0 Å². The Balaban J connectivity index is 2.81. The van der Waals surface area contributed by atoms with E-state index in [2.05, 4.69) is 19.4 Å². The summed E-state index contributed by atoms with van der Waals surface area (Å²) in [6, 6.07) is -0.551. The SMILES string of the molecule is Nc1nc(OS(=O)(=O)O)n[nH]1. The van der Waals surface area contributed by atoms with Gasteiger partial charge in [-0.25, -0.2) is 5.10 Å². The smallest absolute Gasteiger partial charge is 0.368 e. The molecule has 0 aliphatic rings. The summed E-state index contributed by atoms with van der Waals surface area (Å²) >= 11 is 0. The maximum Gasteiger partial charge on any atom is 0.449 e. The zero-order valence-corrected chi connectivity index (χ0v) is 5.87. The molecule has 0 unspecified atom stereocenters. The van der Waals surface area contributed by atoms with Crippen LogP contribution in [-0.4, -0.2) is 28.2 Å². The lowest BCUT2D eigenvalue weighted by Crippen LogP contribution is -2.07. The summed E-state index contributed by atoms with van der Waals surface area (Å²) in [7, 11) is -4.56. The largest absolute Gasteiger partial charge is 0.449 e. The quantitative estimate of drug-likeness (QED) is 0.475. The lowest BCUT2D eigenvalue weighted by molar-refractivity contribution is 0.375. The first-order valence-corrected chi connectivity index (χ1v) is 3.68. The van der Waals surface area contributed by atoms with Crippen LogP contribution >= 0.6 is 0 Å². The number of hydrogen-bond donors (Lipinski definition) is 3. The molecular formula is C2H4N4O4S. The lowest BCUT2D eigenvalue weighted by atomic mass is 11.1. The molecule has 4 N–H and O–H groups in total. The van der Waals surface area contributed by atoms with Gasteiger partial charge in [-0.05, 0) is 0 Å². The van der Waals surface area contributed by atoms with Gasteiger partial charge in [-0.1, -0.05) is 0 Å². The van der Waals surface area contributed by atoms with Crippen molar-refractivity contribution in [2.24, 2.45) is 0 Å². The van der Waals surface area contributed by atoms with Gasteiger partial charge >= 0.3 is 16.4 Å². The van der Waals surface area contributed by atoms with Crippen molar-refractivity contribution in [3.8, 4) is 6.01 Å². The summed E-state index contributed by atoms with van der Waals surface area (Å²) in [5.74, 6) is -0.108. The van der Waals surface area contributed by atoms with Crippen LogP contribution in [0.5, 0.6) is 6.01 Å². The molecule has 1 aromatic heterocycles. The molecule has 62 valence electrons. The van der Waals surface area contributed by atoms with E-state index in [0.29, 0.717) is 0 Å². The molecular weight excluding hydrogens is 176 g/mol. The van der Waals surface area contributed by atoms with Crippen molar-refractivity contribution < 1.29 is 17.2 Å². The highest BCUT2D eigenvalue weighted by Gasteiger charge is 2.10. The molecule has 1 rings (SSSR count). The van der Waals surface area contributed by atoms with Crippen LogP contribution < -0.4 is 9.92 Å². The number of aromatic amines is 1. The van der Waals surface area contributed by atoms with Crippen LogP contribution in [0.25, 0.3) is 0 Å². The molecule has 1 heterocycles. The first-order valence-electron chi connectivity index (χ1n) is 2.32. The molecule has 0 fully saturated rings. The molecule has 0 aliphatic heterocycles. The Morgan fingerprint density at radius 3 is 2.64 bits per heavy atom. The van der Waals surface area contributed by atoms with Crippen LogP contribution in [0.1, 0.15) is 0 Å². The van der Waals surface area contributed by atoms with E-state index in [4.69, 9.17) is 10.3 Å². The number of nitrogen functional groups attached to an aromatic ring is 1. The highest BCUT2D eigenvalue weighted by atomic mass is 32.3. The molecule has 0 atom stereocenters. The van der Waals surface area contributed by atoms with Gasteiger partial charge in [-0.3, -0.25) is 4.55 Å². The molecule has 0 aromatic carbocycles. The number of rotatable bonds is 2. The molecule has 0 radical (unpaired) electrons. The minimum Gasteiger partial charge on any atom is -0.368 e. The third-order valence-electron chi connectivity index (χ3n) is 0.662. The van der Waals surface area contributed by atoms with E-state index in [-0.39, 0.29) is 5.95 Å². The highest BCUT2D eigenvalue weighted by Crippen LogP contribution is 2.03. The molecule has 9 heteroatoms. The standard InChI is InChI=1S/C2H4N4O4S/c3-1-4-2(6-5-1)10-11(7,8)9/h(H,7,8,9)(H3,3,4,5,6). The fourth-order valence-electron chi connectivity index (χ4n) is 0.390. The number of H-pyrrole nitrogens is 1. The molecule has 8 nitrogen and oxygen atoms in total. The van der Waals surface area contributed by atoms with Crippen molar-refractivity contribution in [2.75, 3.05) is 5.73 Å². The molecule has 0 bridgehead atoms. The number of nitrogens with one attached hydrogen (secondary N) is 1. The van der Waals surface area contributed by atoms with Crippen molar-refractivity contribution in [3.05, 3.63) is 0 Å². The van der Waals surface area contributed by atoms with E-state index in [9.17, 15) is 8.42 Å². The Morgan fingerprint density at radius 2 is 2.27 bits per heavy atom. The Bertz CT molecular complexity index is 341. The van der Waals surface area contributed by atoms with Crippen LogP contribution in [0.15, 0.2) is 0 Å². The monoisotopic (exact) mass is 180 g/mol. The second kappa shape index (κ2) is 2.36. The summed E-state index contributed by atoms with van der Waals surface area (Å²) in [5.41, 5.74) is 5.01. The summed E-state index contributed by atoms with van der Waals surface area (Å²) in [4.78, 5) is 3.25. The summed E-state index contributed by atoms with van der Waals surface area (Å²) in [6.07, 6.45) is 0. The third-order valence-corrected chi connectivity index (χ3v) is 1.02. The number of hydrogen-bond acceptors (Lipinski definition) is 6. The maximum atomic E-state index is 10.0. The second-order valence-electron chi connectivity index (χ2n) is 1.51. The van der Waals surface area contributed by atoms with Gasteiger partial charge in [0.05, 0.1) is 0 Å². The van der Waals surface area contributed by atoms with Gasteiger partial charge in [0.2, 0.25) is 5.95 Å². The number of nitrogens with two attached hydrogens (primary N) is 1. The van der Waals surface area contributed by atoms with Gasteiger partial charge in [0.15, 0.2) is 0 Å². The molecule has 0 aliphatic carbocycles. The predicted molar refractivity (Wildman–Crippen MR) is 33.0 cm³/mol. The van der Waals surface area contributed by atoms with Crippen molar-refractivity contribution in [1.29, 1.82) is 0 Å².